The number of morpholine rings is 1. The van der Waals surface area contributed by atoms with Gasteiger partial charge in [0.05, 0.1) is 12.2 Å². The zero-order chi connectivity index (χ0) is 14.7. The number of carboxylic acids is 1. The molecule has 0 bridgehead atoms. The summed E-state index contributed by atoms with van der Waals surface area (Å²) in [5.74, 6) is -0.434. The molecule has 0 aromatic carbocycles. The Bertz CT molecular complexity index is 364. The first-order valence-corrected chi connectivity index (χ1v) is 7.36. The maximum absolute atomic E-state index is 12.5. The summed E-state index contributed by atoms with van der Waals surface area (Å²) in [5, 5.41) is 8.71. The van der Waals surface area contributed by atoms with E-state index >= 15 is 0 Å². The Labute approximate surface area is 119 Å². The van der Waals surface area contributed by atoms with Gasteiger partial charge in [0.25, 0.3) is 0 Å². The van der Waals surface area contributed by atoms with Crippen LogP contribution < -0.4 is 0 Å². The van der Waals surface area contributed by atoms with Gasteiger partial charge in [0.15, 0.2) is 0 Å². The normalized spacial score (nSPS) is 30.6. The summed E-state index contributed by atoms with van der Waals surface area (Å²) in [6.45, 7) is 6.67. The molecule has 0 spiro atoms. The maximum atomic E-state index is 12.5. The van der Waals surface area contributed by atoms with Gasteiger partial charge in [-0.25, -0.2) is 4.79 Å². The summed E-state index contributed by atoms with van der Waals surface area (Å²) in [6.07, 6.45) is 1.92. The standard InChI is InChI=1S/C14H24N2O4/c1-10-7-16(8-11(2)20-10)14(19)15-6-5-12(9-15)3-4-13(17)18/h10-12H,3-9H2,1-2H3,(H,17,18). The predicted molar refractivity (Wildman–Crippen MR) is 73.5 cm³/mol. The van der Waals surface area contributed by atoms with Crippen LogP contribution in [0, 0.1) is 5.92 Å². The first-order valence-electron chi connectivity index (χ1n) is 7.36. The third kappa shape index (κ3) is 3.85. The third-order valence-corrected chi connectivity index (χ3v) is 4.01. The molecule has 0 aromatic heterocycles. The van der Waals surface area contributed by atoms with Crippen molar-refractivity contribution in [1.82, 2.24) is 9.80 Å². The number of likely N-dealkylation sites (tertiary alicyclic amines) is 1. The Balaban J connectivity index is 1.83. The molecule has 0 radical (unpaired) electrons. The van der Waals surface area contributed by atoms with Crippen molar-refractivity contribution < 1.29 is 19.4 Å². The monoisotopic (exact) mass is 284 g/mol. The van der Waals surface area contributed by atoms with Crippen molar-refractivity contribution in [3.8, 4) is 0 Å². The highest BCUT2D eigenvalue weighted by Gasteiger charge is 2.32. The summed E-state index contributed by atoms with van der Waals surface area (Å²) in [4.78, 5) is 26.8. The van der Waals surface area contributed by atoms with Gasteiger partial charge in [-0.2, -0.15) is 0 Å². The number of carbonyl (C=O) groups excluding carboxylic acids is 1. The van der Waals surface area contributed by atoms with E-state index < -0.39 is 5.97 Å². The van der Waals surface area contributed by atoms with Crippen molar-refractivity contribution in [1.29, 1.82) is 0 Å². The minimum atomic E-state index is -0.759. The van der Waals surface area contributed by atoms with Crippen LogP contribution in [0.5, 0.6) is 0 Å². The molecule has 2 aliphatic heterocycles. The molecule has 0 aromatic rings. The molecule has 0 saturated carbocycles. The quantitative estimate of drug-likeness (QED) is 0.850. The second-order valence-corrected chi connectivity index (χ2v) is 5.98. The molecule has 2 aliphatic rings. The molecular formula is C14H24N2O4. The van der Waals surface area contributed by atoms with Crippen molar-refractivity contribution in [3.63, 3.8) is 0 Å². The van der Waals surface area contributed by atoms with Crippen LogP contribution in [0.15, 0.2) is 0 Å². The molecule has 2 rings (SSSR count). The van der Waals surface area contributed by atoms with Crippen LogP contribution in [-0.4, -0.2) is 65.3 Å². The van der Waals surface area contributed by atoms with E-state index in [2.05, 4.69) is 0 Å². The molecule has 6 nitrogen and oxygen atoms in total. The summed E-state index contributed by atoms with van der Waals surface area (Å²) in [7, 11) is 0. The number of amides is 2. The lowest BCUT2D eigenvalue weighted by Gasteiger charge is -2.37. The molecule has 20 heavy (non-hydrogen) atoms. The molecule has 6 heteroatoms. The molecule has 2 heterocycles. The molecule has 0 aliphatic carbocycles. The lowest BCUT2D eigenvalue weighted by atomic mass is 10.0. The minimum Gasteiger partial charge on any atom is -0.481 e. The van der Waals surface area contributed by atoms with Crippen LogP contribution in [-0.2, 0) is 9.53 Å². The summed E-state index contributed by atoms with van der Waals surface area (Å²) >= 11 is 0. The number of aliphatic carboxylic acids is 1. The molecule has 114 valence electrons. The number of nitrogens with zero attached hydrogens (tertiary/aromatic N) is 2. The van der Waals surface area contributed by atoms with Crippen molar-refractivity contribution in [3.05, 3.63) is 0 Å². The van der Waals surface area contributed by atoms with E-state index in [0.717, 1.165) is 13.0 Å². The van der Waals surface area contributed by atoms with E-state index in [4.69, 9.17) is 9.84 Å². The SMILES string of the molecule is CC1CN(C(=O)N2CCC(CCC(=O)O)C2)CC(C)O1. The zero-order valence-corrected chi connectivity index (χ0v) is 12.2. The van der Waals surface area contributed by atoms with Gasteiger partial charge in [0.2, 0.25) is 0 Å². The average Bonchev–Trinajstić information content (AvgIpc) is 2.83. The second kappa shape index (κ2) is 6.43. The summed E-state index contributed by atoms with van der Waals surface area (Å²) < 4.78 is 5.64. The van der Waals surface area contributed by atoms with Crippen LogP contribution in [0.1, 0.15) is 33.1 Å². The van der Waals surface area contributed by atoms with Crippen molar-refractivity contribution in [2.75, 3.05) is 26.2 Å². The summed E-state index contributed by atoms with van der Waals surface area (Å²) in [6, 6.07) is 0.0739. The van der Waals surface area contributed by atoms with Crippen molar-refractivity contribution >= 4 is 12.0 Å². The van der Waals surface area contributed by atoms with Gasteiger partial charge in [-0.1, -0.05) is 0 Å². The largest absolute Gasteiger partial charge is 0.481 e. The van der Waals surface area contributed by atoms with Gasteiger partial charge in [-0.3, -0.25) is 4.79 Å². The molecule has 3 unspecified atom stereocenters. The first kappa shape index (κ1) is 15.1. The van der Waals surface area contributed by atoms with Crippen molar-refractivity contribution in [2.45, 2.75) is 45.3 Å². The highest BCUT2D eigenvalue weighted by molar-refractivity contribution is 5.75. The van der Waals surface area contributed by atoms with Gasteiger partial charge in [0.1, 0.15) is 0 Å². The smallest absolute Gasteiger partial charge is 0.320 e. The number of hydrogen-bond acceptors (Lipinski definition) is 3. The topological polar surface area (TPSA) is 70.1 Å². The molecule has 2 amide bonds. The minimum absolute atomic E-state index is 0.0739. The second-order valence-electron chi connectivity index (χ2n) is 5.98. The lowest BCUT2D eigenvalue weighted by molar-refractivity contribution is -0.137. The Morgan fingerprint density at radius 2 is 1.80 bits per heavy atom. The van der Waals surface area contributed by atoms with Crippen LogP contribution in [0.2, 0.25) is 0 Å². The fourth-order valence-corrected chi connectivity index (χ4v) is 3.10. The third-order valence-electron chi connectivity index (χ3n) is 4.01. The van der Waals surface area contributed by atoms with Crippen LogP contribution in [0.25, 0.3) is 0 Å². The van der Waals surface area contributed by atoms with Gasteiger partial charge in [-0.05, 0) is 32.6 Å². The van der Waals surface area contributed by atoms with Gasteiger partial charge >= 0.3 is 12.0 Å². The zero-order valence-electron chi connectivity index (χ0n) is 12.2. The van der Waals surface area contributed by atoms with Gasteiger partial charge in [0, 0.05) is 32.6 Å². The Kier molecular flexibility index (Phi) is 4.86. The van der Waals surface area contributed by atoms with E-state index in [9.17, 15) is 9.59 Å². The number of rotatable bonds is 3. The van der Waals surface area contributed by atoms with E-state index in [1.807, 2.05) is 23.6 Å². The Morgan fingerprint density at radius 1 is 1.15 bits per heavy atom. The molecule has 3 atom stereocenters. The number of carboxylic acid groups (broad SMARTS) is 1. The molecule has 2 fully saturated rings. The van der Waals surface area contributed by atoms with E-state index in [0.29, 0.717) is 32.0 Å². The fourth-order valence-electron chi connectivity index (χ4n) is 3.10. The first-order chi connectivity index (χ1) is 9.45. The highest BCUT2D eigenvalue weighted by Crippen LogP contribution is 2.23. The number of ether oxygens (including phenoxy) is 1. The average molecular weight is 284 g/mol. The Hall–Kier alpha value is -1.30. The number of hydrogen-bond donors (Lipinski definition) is 1. The van der Waals surface area contributed by atoms with Crippen LogP contribution in [0.4, 0.5) is 4.79 Å². The maximum Gasteiger partial charge on any atom is 0.320 e. The van der Waals surface area contributed by atoms with E-state index in [-0.39, 0.29) is 24.7 Å². The van der Waals surface area contributed by atoms with Crippen molar-refractivity contribution in [2.24, 2.45) is 5.92 Å². The fraction of sp³-hybridized carbons (Fsp3) is 0.857. The lowest BCUT2D eigenvalue weighted by Crippen LogP contribution is -2.52. The molecular weight excluding hydrogens is 260 g/mol. The van der Waals surface area contributed by atoms with Gasteiger partial charge in [-0.15, -0.1) is 0 Å². The summed E-state index contributed by atoms with van der Waals surface area (Å²) in [5.41, 5.74) is 0. The number of urea groups is 1. The van der Waals surface area contributed by atoms with Gasteiger partial charge < -0.3 is 19.6 Å². The van der Waals surface area contributed by atoms with Crippen LogP contribution in [0.3, 0.4) is 0 Å². The molecule has 1 N–H and O–H groups in total. The number of carbonyl (C=O) groups is 2. The van der Waals surface area contributed by atoms with E-state index in [1.165, 1.54) is 0 Å². The van der Waals surface area contributed by atoms with Crippen LogP contribution >= 0.6 is 0 Å². The van der Waals surface area contributed by atoms with E-state index in [1.54, 1.807) is 0 Å². The molecule has 2 saturated heterocycles. The Morgan fingerprint density at radius 3 is 2.40 bits per heavy atom. The predicted octanol–water partition coefficient (Wildman–Crippen LogP) is 1.40. The highest BCUT2D eigenvalue weighted by atomic mass is 16.5.